The van der Waals surface area contributed by atoms with Crippen LogP contribution in [0.5, 0.6) is 5.75 Å². The number of hydrogen-bond donors (Lipinski definition) is 1. The van der Waals surface area contributed by atoms with E-state index in [0.29, 0.717) is 30.2 Å². The zero-order chi connectivity index (χ0) is 22.2. The third kappa shape index (κ3) is 3.97. The van der Waals surface area contributed by atoms with Crippen LogP contribution in [0, 0.1) is 0 Å². The van der Waals surface area contributed by atoms with Crippen LogP contribution < -0.4 is 9.46 Å². The van der Waals surface area contributed by atoms with Crippen molar-refractivity contribution in [2.45, 2.75) is 43.1 Å². The molecule has 1 aromatic heterocycles. The molecule has 1 N–H and O–H groups in total. The second-order valence-electron chi connectivity index (χ2n) is 7.41. The molecule has 2 aromatic carbocycles. The fourth-order valence-electron chi connectivity index (χ4n) is 3.70. The van der Waals surface area contributed by atoms with Crippen LogP contribution >= 0.6 is 0 Å². The van der Waals surface area contributed by atoms with Gasteiger partial charge in [-0.1, -0.05) is 25.1 Å². The molecule has 1 saturated carbocycles. The van der Waals surface area contributed by atoms with E-state index in [9.17, 15) is 22.0 Å². The fraction of sp³-hybridized carbons (Fsp3) is 0.273. The Morgan fingerprint density at radius 3 is 2.65 bits per heavy atom. The van der Waals surface area contributed by atoms with Gasteiger partial charge >= 0.3 is 6.61 Å². The highest BCUT2D eigenvalue weighted by Gasteiger charge is 2.54. The highest BCUT2D eigenvalue weighted by Crippen LogP contribution is 2.52. The molecule has 1 heterocycles. The molecule has 1 fully saturated rings. The molecule has 0 saturated heterocycles. The number of benzene rings is 2. The minimum atomic E-state index is -4.22. The van der Waals surface area contributed by atoms with E-state index in [1.54, 1.807) is 42.6 Å². The smallest absolute Gasteiger partial charge is 0.387 e. The van der Waals surface area contributed by atoms with E-state index in [4.69, 9.17) is 0 Å². The Hall–Kier alpha value is -3.07. The first-order valence-electron chi connectivity index (χ1n) is 9.76. The predicted octanol–water partition coefficient (Wildman–Crippen LogP) is 3.94. The Kier molecular flexibility index (Phi) is 5.38. The summed E-state index contributed by atoms with van der Waals surface area (Å²) in [5.74, 6) is -0.882. The minimum Gasteiger partial charge on any atom is -0.435 e. The average Bonchev–Trinajstić information content (AvgIpc) is 3.55. The largest absolute Gasteiger partial charge is 0.435 e. The lowest BCUT2D eigenvalue weighted by atomic mass is 9.92. The number of sulfonamides is 1. The van der Waals surface area contributed by atoms with E-state index in [1.165, 1.54) is 12.1 Å². The van der Waals surface area contributed by atoms with Crippen LogP contribution in [-0.4, -0.2) is 25.9 Å². The monoisotopic (exact) mass is 446 g/mol. The Labute approximate surface area is 178 Å². The summed E-state index contributed by atoms with van der Waals surface area (Å²) in [6.45, 7) is -1.16. The molecule has 6 nitrogen and oxygen atoms in total. The van der Waals surface area contributed by atoms with Crippen molar-refractivity contribution in [2.75, 3.05) is 0 Å². The van der Waals surface area contributed by atoms with Gasteiger partial charge in [0.05, 0.1) is 15.8 Å². The number of hydrogen-bond acceptors (Lipinski definition) is 5. The third-order valence-electron chi connectivity index (χ3n) is 5.49. The molecule has 1 aliphatic rings. The van der Waals surface area contributed by atoms with Gasteiger partial charge in [-0.15, -0.1) is 0 Å². The zero-order valence-corrected chi connectivity index (χ0v) is 17.5. The van der Waals surface area contributed by atoms with Crippen molar-refractivity contribution >= 4 is 26.8 Å². The first-order valence-corrected chi connectivity index (χ1v) is 11.2. The summed E-state index contributed by atoms with van der Waals surface area (Å²) in [7, 11) is -4.22. The number of alkyl halides is 2. The number of pyridine rings is 1. The highest BCUT2D eigenvalue weighted by molar-refractivity contribution is 7.90. The topological polar surface area (TPSA) is 85.4 Å². The lowest BCUT2D eigenvalue weighted by molar-refractivity contribution is -0.122. The summed E-state index contributed by atoms with van der Waals surface area (Å²) in [6, 6.07) is 12.5. The number of ether oxygens (including phenoxy) is 1. The van der Waals surface area contributed by atoms with Gasteiger partial charge in [0.2, 0.25) is 5.91 Å². The first-order chi connectivity index (χ1) is 14.8. The molecule has 1 amide bonds. The van der Waals surface area contributed by atoms with Gasteiger partial charge in [-0.25, -0.2) is 13.1 Å². The summed E-state index contributed by atoms with van der Waals surface area (Å²) in [5.41, 5.74) is 0.353. The van der Waals surface area contributed by atoms with Crippen LogP contribution in [-0.2, 0) is 26.7 Å². The van der Waals surface area contributed by atoms with Crippen molar-refractivity contribution in [1.82, 2.24) is 9.71 Å². The quantitative estimate of drug-likeness (QED) is 0.594. The van der Waals surface area contributed by atoms with Crippen LogP contribution in [0.4, 0.5) is 8.78 Å². The number of fused-ring (bicyclic) bond motifs is 1. The van der Waals surface area contributed by atoms with E-state index in [1.807, 2.05) is 6.92 Å². The number of aryl methyl sites for hydroxylation is 1. The predicted molar refractivity (Wildman–Crippen MR) is 110 cm³/mol. The van der Waals surface area contributed by atoms with E-state index in [-0.39, 0.29) is 16.2 Å². The van der Waals surface area contributed by atoms with Crippen molar-refractivity contribution in [1.29, 1.82) is 0 Å². The van der Waals surface area contributed by atoms with Crippen LogP contribution in [0.3, 0.4) is 0 Å². The maximum atomic E-state index is 13.1. The second-order valence-corrected chi connectivity index (χ2v) is 9.06. The Balaban J connectivity index is 1.70. The Morgan fingerprint density at radius 2 is 1.97 bits per heavy atom. The van der Waals surface area contributed by atoms with E-state index in [2.05, 4.69) is 14.4 Å². The fourth-order valence-corrected chi connectivity index (χ4v) is 4.97. The molecule has 9 heteroatoms. The molecule has 0 atom stereocenters. The van der Waals surface area contributed by atoms with Crippen molar-refractivity contribution in [3.8, 4) is 5.75 Å². The Morgan fingerprint density at radius 1 is 1.19 bits per heavy atom. The average molecular weight is 446 g/mol. The molecule has 162 valence electrons. The molecule has 1 aliphatic carbocycles. The normalized spacial score (nSPS) is 15.1. The highest BCUT2D eigenvalue weighted by atomic mass is 32.2. The van der Waals surface area contributed by atoms with E-state index in [0.717, 1.165) is 5.56 Å². The summed E-state index contributed by atoms with van der Waals surface area (Å²) >= 11 is 0. The Bertz CT molecular complexity index is 1250. The van der Waals surface area contributed by atoms with Crippen molar-refractivity contribution in [3.05, 3.63) is 65.9 Å². The number of nitrogens with zero attached hydrogens (tertiary/aromatic N) is 1. The van der Waals surface area contributed by atoms with Gasteiger partial charge in [0.1, 0.15) is 5.75 Å². The number of carbonyl (C=O) groups is 1. The number of aromatic nitrogens is 1. The maximum Gasteiger partial charge on any atom is 0.387 e. The van der Waals surface area contributed by atoms with Crippen LogP contribution in [0.25, 0.3) is 10.9 Å². The number of halogens is 2. The summed E-state index contributed by atoms with van der Waals surface area (Å²) in [6.07, 6.45) is 2.83. The molecule has 0 aliphatic heterocycles. The summed E-state index contributed by atoms with van der Waals surface area (Å²) in [4.78, 5) is 17.2. The van der Waals surface area contributed by atoms with Crippen LogP contribution in [0.1, 0.15) is 30.9 Å². The second kappa shape index (κ2) is 7.88. The molecule has 0 spiro atoms. The third-order valence-corrected chi connectivity index (χ3v) is 6.88. The SMILES string of the molecule is CCc1ccc(OC(F)F)c(C2(C(=O)NS(=O)(=O)c3cccc4ncccc34)CC2)c1. The summed E-state index contributed by atoms with van der Waals surface area (Å²) in [5, 5.41) is 0.379. The maximum absolute atomic E-state index is 13.1. The van der Waals surface area contributed by atoms with Crippen molar-refractivity contribution < 1.29 is 26.7 Å². The van der Waals surface area contributed by atoms with Crippen molar-refractivity contribution in [2.24, 2.45) is 0 Å². The molecular weight excluding hydrogens is 426 g/mol. The standard InChI is InChI=1S/C22H20F2N2O4S/c1-2-14-8-9-18(30-21(23)24)16(13-14)22(10-11-22)20(27)26-31(28,29)19-7-3-6-17-15(19)5-4-12-25-17/h3-9,12-13,21H,2,10-11H2,1H3,(H,26,27). The van der Waals surface area contributed by atoms with Crippen molar-refractivity contribution in [3.63, 3.8) is 0 Å². The van der Waals surface area contributed by atoms with Gasteiger partial charge in [-0.2, -0.15) is 8.78 Å². The molecule has 0 bridgehead atoms. The number of rotatable bonds is 7. The molecule has 0 unspecified atom stereocenters. The van der Waals surface area contributed by atoms with Gasteiger partial charge in [0.15, 0.2) is 0 Å². The number of nitrogens with one attached hydrogen (secondary N) is 1. The molecular formula is C22H20F2N2O4S. The number of carbonyl (C=O) groups excluding carboxylic acids is 1. The van der Waals surface area contributed by atoms with Gasteiger partial charge in [-0.3, -0.25) is 9.78 Å². The molecule has 3 aromatic rings. The molecule has 31 heavy (non-hydrogen) atoms. The van der Waals surface area contributed by atoms with E-state index >= 15 is 0 Å². The molecule has 0 radical (unpaired) electrons. The van der Waals surface area contributed by atoms with Crippen LogP contribution in [0.2, 0.25) is 0 Å². The van der Waals surface area contributed by atoms with E-state index < -0.39 is 28.0 Å². The van der Waals surface area contributed by atoms with Gasteiger partial charge in [0.25, 0.3) is 10.0 Å². The first kappa shape index (κ1) is 21.2. The van der Waals surface area contributed by atoms with Crippen LogP contribution in [0.15, 0.2) is 59.6 Å². The molecule has 4 rings (SSSR count). The summed E-state index contributed by atoms with van der Waals surface area (Å²) < 4.78 is 58.7. The van der Waals surface area contributed by atoms with Gasteiger partial charge < -0.3 is 4.74 Å². The number of amides is 1. The van der Waals surface area contributed by atoms with Gasteiger partial charge in [-0.05, 0) is 55.2 Å². The minimum absolute atomic E-state index is 0.0754. The lowest BCUT2D eigenvalue weighted by Crippen LogP contribution is -2.39. The zero-order valence-electron chi connectivity index (χ0n) is 16.6. The lowest BCUT2D eigenvalue weighted by Gasteiger charge is -2.20. The van der Waals surface area contributed by atoms with Gasteiger partial charge in [0, 0.05) is 17.1 Å².